The number of nitrogens with one attached hydrogen (secondary N) is 1. The maximum atomic E-state index is 13.9. The first-order valence-corrected chi connectivity index (χ1v) is 9.87. The molecule has 0 radical (unpaired) electrons. The fraction of sp³-hybridized carbons (Fsp3) is 0.0833. The number of rotatable bonds is 6. The Hall–Kier alpha value is -3.44. The summed E-state index contributed by atoms with van der Waals surface area (Å²) in [5.41, 5.74) is 2.22. The van der Waals surface area contributed by atoms with Crippen LogP contribution >= 0.6 is 11.6 Å². The predicted molar refractivity (Wildman–Crippen MR) is 116 cm³/mol. The lowest BCUT2D eigenvalue weighted by Gasteiger charge is -2.17. The number of carbonyl (C=O) groups is 1. The lowest BCUT2D eigenvalue weighted by Crippen LogP contribution is -2.22. The molecule has 0 saturated heterocycles. The maximum absolute atomic E-state index is 13.9. The summed E-state index contributed by atoms with van der Waals surface area (Å²) in [7, 11) is 0. The topological polar surface area (TPSA) is 46.9 Å². The Kier molecular flexibility index (Phi) is 5.91. The molecule has 0 spiro atoms. The van der Waals surface area contributed by atoms with E-state index in [0.29, 0.717) is 10.6 Å². The van der Waals surface area contributed by atoms with E-state index in [4.69, 9.17) is 11.6 Å². The van der Waals surface area contributed by atoms with Gasteiger partial charge in [0, 0.05) is 11.8 Å². The van der Waals surface area contributed by atoms with Gasteiger partial charge in [0.05, 0.1) is 12.5 Å². The van der Waals surface area contributed by atoms with Crippen LogP contribution in [0.25, 0.3) is 0 Å². The van der Waals surface area contributed by atoms with E-state index in [1.807, 2.05) is 60.7 Å². The molecule has 0 atom stereocenters. The van der Waals surface area contributed by atoms with Gasteiger partial charge in [0.15, 0.2) is 5.82 Å². The zero-order valence-corrected chi connectivity index (χ0v) is 16.8. The van der Waals surface area contributed by atoms with Gasteiger partial charge < -0.3 is 5.32 Å². The molecule has 0 bridgehead atoms. The van der Waals surface area contributed by atoms with Gasteiger partial charge in [-0.3, -0.25) is 9.48 Å². The third kappa shape index (κ3) is 4.42. The molecular weight excluding hydrogens is 401 g/mol. The normalized spacial score (nSPS) is 10.9. The van der Waals surface area contributed by atoms with Crippen LogP contribution in [0.15, 0.2) is 91.1 Å². The van der Waals surface area contributed by atoms with Crippen LogP contribution in [-0.4, -0.2) is 15.7 Å². The number of hydrogen-bond donors (Lipinski definition) is 1. The van der Waals surface area contributed by atoms with Gasteiger partial charge in [-0.25, -0.2) is 4.39 Å². The van der Waals surface area contributed by atoms with Gasteiger partial charge in [-0.15, -0.1) is 0 Å². The highest BCUT2D eigenvalue weighted by atomic mass is 35.5. The molecule has 4 rings (SSSR count). The summed E-state index contributed by atoms with van der Waals surface area (Å²) < 4.78 is 15.4. The van der Waals surface area contributed by atoms with Crippen molar-refractivity contribution in [1.29, 1.82) is 0 Å². The molecule has 4 aromatic rings. The smallest absolute Gasteiger partial charge is 0.237 e. The first-order valence-electron chi connectivity index (χ1n) is 9.49. The maximum Gasteiger partial charge on any atom is 0.237 e. The van der Waals surface area contributed by atoms with E-state index >= 15 is 0 Å². The van der Waals surface area contributed by atoms with E-state index in [1.54, 1.807) is 24.4 Å². The minimum Gasteiger partial charge on any atom is -0.307 e. The number of benzene rings is 3. The van der Waals surface area contributed by atoms with Crippen LogP contribution in [0.5, 0.6) is 0 Å². The number of anilines is 1. The Morgan fingerprint density at radius 2 is 1.50 bits per heavy atom. The second-order valence-corrected chi connectivity index (χ2v) is 7.27. The van der Waals surface area contributed by atoms with Crippen LogP contribution < -0.4 is 5.32 Å². The minimum atomic E-state index is -0.514. The number of nitrogens with zero attached hydrogens (tertiary/aromatic N) is 2. The zero-order chi connectivity index (χ0) is 20.9. The first-order chi connectivity index (χ1) is 14.6. The van der Waals surface area contributed by atoms with Crippen molar-refractivity contribution in [3.05, 3.63) is 119 Å². The average molecular weight is 420 g/mol. The third-order valence-electron chi connectivity index (χ3n) is 4.78. The van der Waals surface area contributed by atoms with Crippen LogP contribution in [-0.2, 0) is 11.3 Å². The van der Waals surface area contributed by atoms with Gasteiger partial charge in [-0.1, -0.05) is 90.5 Å². The number of carbonyl (C=O) groups excluding carboxylic acids is 1. The van der Waals surface area contributed by atoms with Gasteiger partial charge >= 0.3 is 0 Å². The number of halogens is 2. The predicted octanol–water partition coefficient (Wildman–Crippen LogP) is 5.49. The van der Waals surface area contributed by atoms with E-state index in [1.165, 1.54) is 10.7 Å². The molecule has 1 N–H and O–H groups in total. The third-order valence-corrected chi connectivity index (χ3v) is 5.05. The fourth-order valence-corrected chi connectivity index (χ4v) is 3.54. The van der Waals surface area contributed by atoms with Crippen LogP contribution in [0.1, 0.15) is 22.6 Å². The summed E-state index contributed by atoms with van der Waals surface area (Å²) in [5, 5.41) is 7.46. The quantitative estimate of drug-likeness (QED) is 0.449. The van der Waals surface area contributed by atoms with Crippen molar-refractivity contribution in [2.24, 2.45) is 0 Å². The highest BCUT2D eigenvalue weighted by molar-refractivity contribution is 6.33. The minimum absolute atomic E-state index is 0.211. The van der Waals surface area contributed by atoms with Gasteiger partial charge in [0.2, 0.25) is 5.91 Å². The Balaban J connectivity index is 1.59. The van der Waals surface area contributed by atoms with E-state index in [0.717, 1.165) is 11.1 Å². The van der Waals surface area contributed by atoms with Gasteiger partial charge in [-0.2, -0.15) is 5.10 Å². The molecule has 4 nitrogen and oxygen atoms in total. The second-order valence-electron chi connectivity index (χ2n) is 6.86. The van der Waals surface area contributed by atoms with Crippen molar-refractivity contribution in [1.82, 2.24) is 9.78 Å². The highest BCUT2D eigenvalue weighted by Gasteiger charge is 2.24. The Labute approximate surface area is 178 Å². The van der Waals surface area contributed by atoms with Crippen LogP contribution in [0.4, 0.5) is 10.2 Å². The Morgan fingerprint density at radius 3 is 2.10 bits per heavy atom. The van der Waals surface area contributed by atoms with E-state index < -0.39 is 5.92 Å². The molecule has 30 heavy (non-hydrogen) atoms. The fourth-order valence-electron chi connectivity index (χ4n) is 3.34. The number of hydrogen-bond acceptors (Lipinski definition) is 2. The summed E-state index contributed by atoms with van der Waals surface area (Å²) in [5.74, 6) is -0.830. The van der Waals surface area contributed by atoms with Gasteiger partial charge in [0.25, 0.3) is 0 Å². The Bertz CT molecular complexity index is 1110. The monoisotopic (exact) mass is 419 g/mol. The van der Waals surface area contributed by atoms with Crippen molar-refractivity contribution < 1.29 is 9.18 Å². The average Bonchev–Trinajstić information content (AvgIpc) is 3.10. The van der Waals surface area contributed by atoms with Crippen molar-refractivity contribution in [2.75, 3.05) is 5.32 Å². The molecule has 1 aromatic heterocycles. The van der Waals surface area contributed by atoms with E-state index in [2.05, 4.69) is 10.4 Å². The zero-order valence-electron chi connectivity index (χ0n) is 16.0. The molecule has 1 amide bonds. The summed E-state index contributed by atoms with van der Waals surface area (Å²) in [6, 6.07) is 25.5. The highest BCUT2D eigenvalue weighted by Crippen LogP contribution is 2.28. The first kappa shape index (κ1) is 19.9. The molecule has 0 aliphatic carbocycles. The van der Waals surface area contributed by atoms with Crippen LogP contribution in [0.3, 0.4) is 0 Å². The van der Waals surface area contributed by atoms with Crippen molar-refractivity contribution in [3.8, 4) is 0 Å². The summed E-state index contributed by atoms with van der Waals surface area (Å²) in [6.45, 7) is 0.211. The number of amides is 1. The molecule has 6 heteroatoms. The van der Waals surface area contributed by atoms with E-state index in [9.17, 15) is 9.18 Å². The molecule has 0 aliphatic heterocycles. The molecule has 1 heterocycles. The largest absolute Gasteiger partial charge is 0.307 e. The lowest BCUT2D eigenvalue weighted by atomic mass is 9.90. The lowest BCUT2D eigenvalue weighted by molar-refractivity contribution is -0.116. The molecule has 0 unspecified atom stereocenters. The summed E-state index contributed by atoms with van der Waals surface area (Å²) in [4.78, 5) is 13.2. The van der Waals surface area contributed by atoms with Crippen molar-refractivity contribution in [3.63, 3.8) is 0 Å². The molecule has 0 aliphatic rings. The van der Waals surface area contributed by atoms with E-state index in [-0.39, 0.29) is 24.1 Å². The molecule has 150 valence electrons. The Morgan fingerprint density at radius 1 is 0.933 bits per heavy atom. The van der Waals surface area contributed by atoms with Crippen LogP contribution in [0, 0.1) is 5.82 Å². The SMILES string of the molecule is O=C(Nc1nn(Cc2ccccc2F)cc1Cl)C(c1ccccc1)c1ccccc1. The van der Waals surface area contributed by atoms with Crippen LogP contribution in [0.2, 0.25) is 5.02 Å². The van der Waals surface area contributed by atoms with Crippen molar-refractivity contribution >= 4 is 23.3 Å². The molecule has 3 aromatic carbocycles. The summed E-state index contributed by atoms with van der Waals surface area (Å²) in [6.07, 6.45) is 1.57. The van der Waals surface area contributed by atoms with Gasteiger partial charge in [-0.05, 0) is 17.2 Å². The van der Waals surface area contributed by atoms with Crippen molar-refractivity contribution in [2.45, 2.75) is 12.5 Å². The molecular formula is C24H19ClFN3O. The van der Waals surface area contributed by atoms with Gasteiger partial charge in [0.1, 0.15) is 10.8 Å². The number of aromatic nitrogens is 2. The molecule has 0 saturated carbocycles. The summed E-state index contributed by atoms with van der Waals surface area (Å²) >= 11 is 6.30. The molecule has 0 fully saturated rings. The standard InChI is InChI=1S/C24H19ClFN3O/c25-20-16-29(15-19-13-7-8-14-21(19)26)28-23(20)27-24(30)22(17-9-3-1-4-10-17)18-11-5-2-6-12-18/h1-14,16,22H,15H2,(H,27,28,30). The second kappa shape index (κ2) is 8.93.